The van der Waals surface area contributed by atoms with Crippen molar-refractivity contribution in [2.45, 2.75) is 56.4 Å². The van der Waals surface area contributed by atoms with E-state index in [1.807, 2.05) is 0 Å². The van der Waals surface area contributed by atoms with Crippen molar-refractivity contribution < 1.29 is 4.74 Å². The second kappa shape index (κ2) is 6.51. The predicted octanol–water partition coefficient (Wildman–Crippen LogP) is 4.93. The monoisotopic (exact) mass is 369 g/mol. The molecule has 2 heterocycles. The summed E-state index contributed by atoms with van der Waals surface area (Å²) in [6, 6.07) is 6.89. The topological polar surface area (TPSA) is 21.3 Å². The maximum absolute atomic E-state index is 6.57. The third kappa shape index (κ3) is 3.13. The quantitative estimate of drug-likeness (QED) is 0.816. The summed E-state index contributed by atoms with van der Waals surface area (Å²) in [5, 5.41) is 4.29. The molecule has 4 heteroatoms. The molecule has 3 atom stereocenters. The smallest absolute Gasteiger partial charge is 0.126 e. The Bertz CT molecular complexity index is 510. The lowest BCUT2D eigenvalue weighted by Crippen LogP contribution is -2.52. The molecule has 1 aromatic carbocycles. The number of halogens is 1. The fourth-order valence-electron chi connectivity index (χ4n) is 3.49. The minimum absolute atomic E-state index is 0.00210. The number of ether oxygens (including phenoxy) is 1. The molecule has 0 aromatic heterocycles. The van der Waals surface area contributed by atoms with Crippen LogP contribution in [0.4, 0.5) is 0 Å². The van der Waals surface area contributed by atoms with Crippen molar-refractivity contribution in [1.29, 1.82) is 0 Å². The van der Waals surface area contributed by atoms with Crippen LogP contribution in [0.3, 0.4) is 0 Å². The van der Waals surface area contributed by atoms with E-state index < -0.39 is 0 Å². The van der Waals surface area contributed by atoms with Crippen LogP contribution in [-0.4, -0.2) is 23.1 Å². The minimum Gasteiger partial charge on any atom is -0.486 e. The van der Waals surface area contributed by atoms with Gasteiger partial charge in [-0.25, -0.2) is 0 Å². The Labute approximate surface area is 140 Å². The lowest BCUT2D eigenvalue weighted by molar-refractivity contribution is 0.0203. The van der Waals surface area contributed by atoms with Crippen LogP contribution in [0.2, 0.25) is 0 Å². The van der Waals surface area contributed by atoms with Crippen molar-refractivity contribution in [1.82, 2.24) is 5.32 Å². The zero-order valence-electron chi connectivity index (χ0n) is 12.8. The molecule has 1 N–H and O–H groups in total. The molecule has 1 fully saturated rings. The van der Waals surface area contributed by atoms with Crippen LogP contribution in [0.15, 0.2) is 22.7 Å². The van der Waals surface area contributed by atoms with Crippen LogP contribution in [0.1, 0.15) is 51.1 Å². The lowest BCUT2D eigenvalue weighted by Gasteiger charge is -2.48. The van der Waals surface area contributed by atoms with E-state index in [-0.39, 0.29) is 5.60 Å². The van der Waals surface area contributed by atoms with Crippen LogP contribution < -0.4 is 10.1 Å². The minimum atomic E-state index is 0.00210. The highest BCUT2D eigenvalue weighted by molar-refractivity contribution is 9.10. The first-order valence-electron chi connectivity index (χ1n) is 7.98. The summed E-state index contributed by atoms with van der Waals surface area (Å²) in [4.78, 5) is 0. The number of thioether (sulfide) groups is 1. The predicted molar refractivity (Wildman–Crippen MR) is 94.3 cm³/mol. The number of rotatable bonds is 3. The normalized spacial score (nSPS) is 31.8. The molecule has 1 aromatic rings. The van der Waals surface area contributed by atoms with E-state index >= 15 is 0 Å². The molecule has 3 unspecified atom stereocenters. The summed E-state index contributed by atoms with van der Waals surface area (Å²) < 4.78 is 7.67. The number of nitrogens with one attached hydrogen (secondary N) is 1. The third-order valence-electron chi connectivity index (χ3n) is 4.71. The van der Waals surface area contributed by atoms with Gasteiger partial charge in [0.1, 0.15) is 11.4 Å². The van der Waals surface area contributed by atoms with Crippen molar-refractivity contribution in [2.75, 3.05) is 12.3 Å². The van der Waals surface area contributed by atoms with Gasteiger partial charge in [0.25, 0.3) is 0 Å². The molecule has 2 aliphatic rings. The molecule has 0 radical (unpaired) electrons. The number of fused-ring (bicyclic) bond motifs is 1. The fourth-order valence-corrected chi connectivity index (χ4v) is 5.06. The molecule has 21 heavy (non-hydrogen) atoms. The Hall–Kier alpha value is -0.190. The van der Waals surface area contributed by atoms with Gasteiger partial charge in [0.2, 0.25) is 0 Å². The van der Waals surface area contributed by atoms with Gasteiger partial charge in [-0.1, -0.05) is 28.9 Å². The molecule has 3 rings (SSSR count). The van der Waals surface area contributed by atoms with Crippen LogP contribution in [-0.2, 0) is 0 Å². The molecule has 0 bridgehead atoms. The maximum Gasteiger partial charge on any atom is 0.126 e. The second-order valence-corrected chi connectivity index (χ2v) is 8.54. The van der Waals surface area contributed by atoms with Crippen LogP contribution in [0, 0.1) is 0 Å². The molecule has 116 valence electrons. The van der Waals surface area contributed by atoms with Gasteiger partial charge in [0, 0.05) is 27.7 Å². The Morgan fingerprint density at radius 2 is 2.33 bits per heavy atom. The fraction of sp³-hybridized carbons (Fsp3) is 0.647. The zero-order chi connectivity index (χ0) is 14.9. The Morgan fingerprint density at radius 3 is 3.10 bits per heavy atom. The average Bonchev–Trinajstić information content (AvgIpc) is 2.47. The van der Waals surface area contributed by atoms with Crippen LogP contribution in [0.25, 0.3) is 0 Å². The van der Waals surface area contributed by atoms with E-state index in [0.29, 0.717) is 11.3 Å². The van der Waals surface area contributed by atoms with Crippen molar-refractivity contribution >= 4 is 27.7 Å². The average molecular weight is 370 g/mol. The molecule has 1 saturated heterocycles. The Kier molecular flexibility index (Phi) is 4.87. The summed E-state index contributed by atoms with van der Waals surface area (Å²) in [6.07, 6.45) is 4.70. The van der Waals surface area contributed by atoms with Gasteiger partial charge in [0.15, 0.2) is 0 Å². The SMILES string of the molecule is CCCNC1CC2(CCCSC2C)Oc2cc(Br)ccc21. The van der Waals surface area contributed by atoms with E-state index in [4.69, 9.17) is 4.74 Å². The van der Waals surface area contributed by atoms with E-state index in [1.165, 1.54) is 30.6 Å². The van der Waals surface area contributed by atoms with Gasteiger partial charge < -0.3 is 10.1 Å². The second-order valence-electron chi connectivity index (χ2n) is 6.18. The Morgan fingerprint density at radius 1 is 1.48 bits per heavy atom. The zero-order valence-corrected chi connectivity index (χ0v) is 15.2. The molecular formula is C17H24BrNOS. The lowest BCUT2D eigenvalue weighted by atomic mass is 9.81. The highest BCUT2D eigenvalue weighted by Gasteiger charge is 2.46. The third-order valence-corrected chi connectivity index (χ3v) is 6.65. The van der Waals surface area contributed by atoms with Crippen molar-refractivity contribution in [3.63, 3.8) is 0 Å². The van der Waals surface area contributed by atoms with Gasteiger partial charge >= 0.3 is 0 Å². The van der Waals surface area contributed by atoms with E-state index in [2.05, 4.69) is 65.1 Å². The number of hydrogen-bond donors (Lipinski definition) is 1. The molecule has 2 aliphatic heterocycles. The maximum atomic E-state index is 6.57. The standard InChI is InChI=1S/C17H24BrNOS/c1-3-8-19-15-11-17(7-4-9-21-12(17)2)20-16-10-13(18)5-6-14(15)16/h5-6,10,12,15,19H,3-4,7-9,11H2,1-2H3. The van der Waals surface area contributed by atoms with Gasteiger partial charge in [-0.2, -0.15) is 11.8 Å². The first kappa shape index (κ1) is 15.7. The first-order valence-corrected chi connectivity index (χ1v) is 9.82. The molecule has 2 nitrogen and oxygen atoms in total. The van der Waals surface area contributed by atoms with Gasteiger partial charge in [-0.05, 0) is 50.6 Å². The summed E-state index contributed by atoms with van der Waals surface area (Å²) in [5.74, 6) is 2.34. The van der Waals surface area contributed by atoms with Crippen LogP contribution in [0.5, 0.6) is 5.75 Å². The molecule has 0 aliphatic carbocycles. The molecule has 0 saturated carbocycles. The van der Waals surface area contributed by atoms with Gasteiger partial charge in [0.05, 0.1) is 0 Å². The number of hydrogen-bond acceptors (Lipinski definition) is 3. The summed E-state index contributed by atoms with van der Waals surface area (Å²) in [6.45, 7) is 5.63. The molecule has 1 spiro atoms. The van der Waals surface area contributed by atoms with E-state index in [0.717, 1.165) is 23.2 Å². The van der Waals surface area contributed by atoms with E-state index in [1.54, 1.807) is 0 Å². The highest BCUT2D eigenvalue weighted by Crippen LogP contribution is 2.48. The summed E-state index contributed by atoms with van der Waals surface area (Å²) in [5.41, 5.74) is 1.32. The van der Waals surface area contributed by atoms with Gasteiger partial charge in [-0.3, -0.25) is 0 Å². The van der Waals surface area contributed by atoms with Crippen molar-refractivity contribution in [3.8, 4) is 5.75 Å². The number of benzene rings is 1. The van der Waals surface area contributed by atoms with Crippen LogP contribution >= 0.6 is 27.7 Å². The summed E-state index contributed by atoms with van der Waals surface area (Å²) in [7, 11) is 0. The van der Waals surface area contributed by atoms with Crippen molar-refractivity contribution in [3.05, 3.63) is 28.2 Å². The Balaban J connectivity index is 1.94. The van der Waals surface area contributed by atoms with Gasteiger partial charge in [-0.15, -0.1) is 0 Å². The first-order chi connectivity index (χ1) is 10.1. The summed E-state index contributed by atoms with van der Waals surface area (Å²) >= 11 is 5.65. The van der Waals surface area contributed by atoms with E-state index in [9.17, 15) is 0 Å². The highest BCUT2D eigenvalue weighted by atomic mass is 79.9. The molecular weight excluding hydrogens is 346 g/mol. The molecule has 0 amide bonds. The largest absolute Gasteiger partial charge is 0.486 e. The van der Waals surface area contributed by atoms with Crippen molar-refractivity contribution in [2.24, 2.45) is 0 Å².